The fraction of sp³-hybridized carbons (Fsp3) is 0.273. The number of benzene rings is 1. The maximum absolute atomic E-state index is 13.0. The number of nitrogens with zero attached hydrogens (tertiary/aromatic N) is 3. The van der Waals surface area contributed by atoms with Crippen molar-refractivity contribution in [1.29, 1.82) is 0 Å². The number of carbonyl (C=O) groups excluding carboxylic acids is 1. The summed E-state index contributed by atoms with van der Waals surface area (Å²) in [5.41, 5.74) is 2.52. The molecule has 0 bridgehead atoms. The lowest BCUT2D eigenvalue weighted by atomic mass is 10.1. The first-order chi connectivity index (χ1) is 13.5. The van der Waals surface area contributed by atoms with Crippen LogP contribution in [0.1, 0.15) is 30.7 Å². The van der Waals surface area contributed by atoms with Gasteiger partial charge in [-0.3, -0.25) is 14.6 Å². The quantitative estimate of drug-likeness (QED) is 0.717. The Bertz CT molecular complexity index is 998. The molecule has 0 saturated heterocycles. The van der Waals surface area contributed by atoms with Gasteiger partial charge in [0, 0.05) is 41.8 Å². The molecular weight excluding hydrogens is 352 g/mol. The molecule has 0 fully saturated rings. The first-order valence-electron chi connectivity index (χ1n) is 9.29. The first kappa shape index (κ1) is 19.5. The number of pyridine rings is 1. The average molecular weight is 376 g/mol. The lowest BCUT2D eigenvalue weighted by molar-refractivity contribution is -0.132. The summed E-state index contributed by atoms with van der Waals surface area (Å²) in [6.45, 7) is 6.22. The Balaban J connectivity index is 1.83. The highest BCUT2D eigenvalue weighted by molar-refractivity contribution is 5.79. The third kappa shape index (κ3) is 4.52. The van der Waals surface area contributed by atoms with Crippen LogP contribution in [0.25, 0.3) is 11.4 Å². The van der Waals surface area contributed by atoms with Gasteiger partial charge in [-0.25, -0.2) is 4.98 Å². The summed E-state index contributed by atoms with van der Waals surface area (Å²) in [5.74, 6) is 0.386. The van der Waals surface area contributed by atoms with E-state index in [9.17, 15) is 9.59 Å². The molecule has 3 aromatic rings. The van der Waals surface area contributed by atoms with Crippen LogP contribution < -0.4 is 5.56 Å². The Morgan fingerprint density at radius 2 is 1.79 bits per heavy atom. The Kier molecular flexibility index (Phi) is 5.99. The molecule has 1 N–H and O–H groups in total. The molecule has 0 saturated carbocycles. The Morgan fingerprint density at radius 3 is 2.39 bits per heavy atom. The van der Waals surface area contributed by atoms with Crippen molar-refractivity contribution >= 4 is 5.91 Å². The molecule has 0 aliphatic carbocycles. The van der Waals surface area contributed by atoms with E-state index in [0.29, 0.717) is 23.6 Å². The van der Waals surface area contributed by atoms with Crippen molar-refractivity contribution in [2.24, 2.45) is 0 Å². The van der Waals surface area contributed by atoms with Gasteiger partial charge in [-0.15, -0.1) is 0 Å². The molecule has 0 unspecified atom stereocenters. The van der Waals surface area contributed by atoms with E-state index >= 15 is 0 Å². The predicted octanol–water partition coefficient (Wildman–Crippen LogP) is 3.12. The molecule has 28 heavy (non-hydrogen) atoms. The maximum atomic E-state index is 13.0. The number of aryl methyl sites for hydroxylation is 1. The minimum absolute atomic E-state index is 0.0236. The lowest BCUT2D eigenvalue weighted by Gasteiger charge is -2.27. The number of nitrogens with one attached hydrogen (secondary N) is 1. The van der Waals surface area contributed by atoms with Crippen LogP contribution in [-0.2, 0) is 17.8 Å². The van der Waals surface area contributed by atoms with Crippen molar-refractivity contribution in [3.05, 3.63) is 82.0 Å². The summed E-state index contributed by atoms with van der Waals surface area (Å²) in [5, 5.41) is 0. The van der Waals surface area contributed by atoms with Gasteiger partial charge in [0.05, 0.1) is 6.42 Å². The molecule has 3 rings (SSSR count). The number of hydrogen-bond donors (Lipinski definition) is 1. The summed E-state index contributed by atoms with van der Waals surface area (Å²) in [4.78, 5) is 38.6. The largest absolute Gasteiger partial charge is 0.336 e. The SMILES string of the molecule is Cc1nc(-c2ccncc2)[nH]c(=O)c1CC(=O)N(Cc1ccccc1)C(C)C. The summed E-state index contributed by atoms with van der Waals surface area (Å²) in [7, 11) is 0. The Morgan fingerprint density at radius 1 is 1.11 bits per heavy atom. The van der Waals surface area contributed by atoms with Crippen molar-refractivity contribution < 1.29 is 4.79 Å². The molecule has 0 aliphatic heterocycles. The molecule has 1 aromatic carbocycles. The summed E-state index contributed by atoms with van der Waals surface area (Å²) in [6.07, 6.45) is 3.31. The van der Waals surface area contributed by atoms with Gasteiger partial charge in [0.1, 0.15) is 5.82 Å². The van der Waals surface area contributed by atoms with Gasteiger partial charge in [-0.05, 0) is 38.5 Å². The Hall–Kier alpha value is -3.28. The zero-order valence-corrected chi connectivity index (χ0v) is 16.3. The van der Waals surface area contributed by atoms with E-state index in [1.807, 2.05) is 44.2 Å². The third-order valence-corrected chi connectivity index (χ3v) is 4.64. The summed E-state index contributed by atoms with van der Waals surface area (Å²) >= 11 is 0. The van der Waals surface area contributed by atoms with E-state index in [-0.39, 0.29) is 23.9 Å². The normalized spacial score (nSPS) is 10.9. The molecule has 2 aromatic heterocycles. The zero-order chi connectivity index (χ0) is 20.1. The van der Waals surface area contributed by atoms with E-state index in [1.54, 1.807) is 36.4 Å². The van der Waals surface area contributed by atoms with Crippen LogP contribution in [0.3, 0.4) is 0 Å². The zero-order valence-electron chi connectivity index (χ0n) is 16.3. The summed E-state index contributed by atoms with van der Waals surface area (Å²) in [6, 6.07) is 13.4. The van der Waals surface area contributed by atoms with Gasteiger partial charge in [0.25, 0.3) is 5.56 Å². The van der Waals surface area contributed by atoms with Gasteiger partial charge in [0.15, 0.2) is 0 Å². The van der Waals surface area contributed by atoms with Crippen LogP contribution in [0.5, 0.6) is 0 Å². The van der Waals surface area contributed by atoms with Crippen LogP contribution in [0.15, 0.2) is 59.7 Å². The molecule has 2 heterocycles. The number of carbonyl (C=O) groups is 1. The van der Waals surface area contributed by atoms with Gasteiger partial charge in [0.2, 0.25) is 5.91 Å². The number of hydrogen-bond acceptors (Lipinski definition) is 4. The van der Waals surface area contributed by atoms with Gasteiger partial charge >= 0.3 is 0 Å². The molecular formula is C22H24N4O2. The van der Waals surface area contributed by atoms with Crippen molar-refractivity contribution in [2.75, 3.05) is 0 Å². The monoisotopic (exact) mass is 376 g/mol. The van der Waals surface area contributed by atoms with Crippen LogP contribution in [-0.4, -0.2) is 31.8 Å². The van der Waals surface area contributed by atoms with Crippen molar-refractivity contribution in [3.8, 4) is 11.4 Å². The molecule has 144 valence electrons. The third-order valence-electron chi connectivity index (χ3n) is 4.64. The molecule has 6 nitrogen and oxygen atoms in total. The topological polar surface area (TPSA) is 79.0 Å². The minimum atomic E-state index is -0.281. The van der Waals surface area contributed by atoms with Crippen LogP contribution in [0, 0.1) is 6.92 Å². The van der Waals surface area contributed by atoms with Gasteiger partial charge < -0.3 is 9.88 Å². The number of aromatic nitrogens is 3. The van der Waals surface area contributed by atoms with Crippen LogP contribution in [0.2, 0.25) is 0 Å². The van der Waals surface area contributed by atoms with Crippen LogP contribution >= 0.6 is 0 Å². The highest BCUT2D eigenvalue weighted by atomic mass is 16.2. The van der Waals surface area contributed by atoms with Crippen molar-refractivity contribution in [1.82, 2.24) is 19.9 Å². The van der Waals surface area contributed by atoms with Gasteiger partial charge in [-0.1, -0.05) is 30.3 Å². The Labute approximate surface area is 164 Å². The fourth-order valence-electron chi connectivity index (χ4n) is 3.06. The predicted molar refractivity (Wildman–Crippen MR) is 109 cm³/mol. The first-order valence-corrected chi connectivity index (χ1v) is 9.29. The number of H-pyrrole nitrogens is 1. The minimum Gasteiger partial charge on any atom is -0.336 e. The summed E-state index contributed by atoms with van der Waals surface area (Å²) < 4.78 is 0. The maximum Gasteiger partial charge on any atom is 0.255 e. The van der Waals surface area contributed by atoms with E-state index in [4.69, 9.17) is 0 Å². The van der Waals surface area contributed by atoms with E-state index in [1.165, 1.54) is 0 Å². The number of aromatic amines is 1. The van der Waals surface area contributed by atoms with Crippen LogP contribution in [0.4, 0.5) is 0 Å². The molecule has 0 aliphatic rings. The average Bonchev–Trinajstić information content (AvgIpc) is 2.70. The fourth-order valence-corrected chi connectivity index (χ4v) is 3.06. The van der Waals surface area contributed by atoms with E-state index in [0.717, 1.165) is 11.1 Å². The number of rotatable bonds is 6. The van der Waals surface area contributed by atoms with Crippen molar-refractivity contribution in [3.63, 3.8) is 0 Å². The molecule has 0 atom stereocenters. The van der Waals surface area contributed by atoms with E-state index < -0.39 is 0 Å². The number of amides is 1. The highest BCUT2D eigenvalue weighted by Gasteiger charge is 2.21. The second kappa shape index (κ2) is 8.61. The smallest absolute Gasteiger partial charge is 0.255 e. The van der Waals surface area contributed by atoms with Crippen molar-refractivity contribution in [2.45, 2.75) is 39.8 Å². The highest BCUT2D eigenvalue weighted by Crippen LogP contribution is 2.15. The molecule has 1 amide bonds. The standard InChI is InChI=1S/C22H24N4O2/c1-15(2)26(14-17-7-5-4-6-8-17)20(27)13-19-16(3)24-21(25-22(19)28)18-9-11-23-12-10-18/h4-12,15H,13-14H2,1-3H3,(H,24,25,28). The molecule has 0 spiro atoms. The second-order valence-electron chi connectivity index (χ2n) is 6.99. The lowest BCUT2D eigenvalue weighted by Crippen LogP contribution is -2.38. The molecule has 6 heteroatoms. The molecule has 0 radical (unpaired) electrons. The van der Waals surface area contributed by atoms with Gasteiger partial charge in [-0.2, -0.15) is 0 Å². The second-order valence-corrected chi connectivity index (χ2v) is 6.99. The van der Waals surface area contributed by atoms with E-state index in [2.05, 4.69) is 15.0 Å².